The van der Waals surface area contributed by atoms with Crippen LogP contribution in [0.4, 0.5) is 0 Å². The molecule has 0 saturated heterocycles. The van der Waals surface area contributed by atoms with Crippen molar-refractivity contribution < 1.29 is 14.3 Å². The number of nitrogens with one attached hydrogen (secondary N) is 1. The number of amides is 2. The molecule has 3 atom stereocenters. The molecule has 1 aliphatic rings. The van der Waals surface area contributed by atoms with Gasteiger partial charge < -0.3 is 15.0 Å². The molecule has 2 amide bonds. The number of para-hydroxylation sites is 1. The van der Waals surface area contributed by atoms with E-state index in [1.54, 1.807) is 18.0 Å². The van der Waals surface area contributed by atoms with Gasteiger partial charge in [0.1, 0.15) is 11.8 Å². The van der Waals surface area contributed by atoms with E-state index in [1.807, 2.05) is 55.5 Å². The Labute approximate surface area is 185 Å². The van der Waals surface area contributed by atoms with E-state index in [-0.39, 0.29) is 24.0 Å². The molecule has 1 N–H and O–H groups in total. The molecule has 0 unspecified atom stereocenters. The van der Waals surface area contributed by atoms with Crippen molar-refractivity contribution in [2.45, 2.75) is 57.7 Å². The van der Waals surface area contributed by atoms with Crippen molar-refractivity contribution in [2.24, 2.45) is 0 Å². The third kappa shape index (κ3) is 5.97. The summed E-state index contributed by atoms with van der Waals surface area (Å²) < 4.78 is 6.09. The maximum absolute atomic E-state index is 13.5. The number of hydrogen-bond acceptors (Lipinski definition) is 3. The SMILES string of the molecule is CC[C@H]1C/C=C/C[C@@H](C)Oc2ccccc2C(=O)N(C)[C@H](Cc2ccccc2)C(=O)N1. The number of fused-ring (bicyclic) bond motifs is 1. The van der Waals surface area contributed by atoms with Gasteiger partial charge in [-0.2, -0.15) is 0 Å². The lowest BCUT2D eigenvalue weighted by Gasteiger charge is -2.30. The van der Waals surface area contributed by atoms with Crippen LogP contribution in [0.1, 0.15) is 49.0 Å². The summed E-state index contributed by atoms with van der Waals surface area (Å²) in [6.45, 7) is 4.06. The molecule has 164 valence electrons. The van der Waals surface area contributed by atoms with Gasteiger partial charge in [0.2, 0.25) is 5.91 Å². The highest BCUT2D eigenvalue weighted by Crippen LogP contribution is 2.23. The van der Waals surface area contributed by atoms with Gasteiger partial charge in [0.25, 0.3) is 5.91 Å². The summed E-state index contributed by atoms with van der Waals surface area (Å²) in [4.78, 5) is 28.3. The topological polar surface area (TPSA) is 58.6 Å². The third-order valence-electron chi connectivity index (χ3n) is 5.70. The average Bonchev–Trinajstić information content (AvgIpc) is 2.79. The summed E-state index contributed by atoms with van der Waals surface area (Å²) in [5.74, 6) is 0.186. The van der Waals surface area contributed by atoms with Crippen molar-refractivity contribution in [1.82, 2.24) is 10.2 Å². The number of hydrogen-bond donors (Lipinski definition) is 1. The molecule has 2 aromatic rings. The summed E-state index contributed by atoms with van der Waals surface area (Å²) in [6.07, 6.45) is 6.88. The zero-order chi connectivity index (χ0) is 22.2. The number of carbonyl (C=O) groups excluding carboxylic acids is 2. The zero-order valence-electron chi connectivity index (χ0n) is 18.6. The molecule has 0 saturated carbocycles. The van der Waals surface area contributed by atoms with Crippen LogP contribution >= 0.6 is 0 Å². The summed E-state index contributed by atoms with van der Waals surface area (Å²) in [6, 6.07) is 16.5. The normalized spacial score (nSPS) is 23.8. The third-order valence-corrected chi connectivity index (χ3v) is 5.70. The molecule has 3 rings (SSSR count). The van der Waals surface area contributed by atoms with E-state index in [0.717, 1.165) is 24.8 Å². The first-order chi connectivity index (χ1) is 15.0. The second-order valence-corrected chi connectivity index (χ2v) is 8.10. The first-order valence-corrected chi connectivity index (χ1v) is 11.0. The Morgan fingerprint density at radius 3 is 2.42 bits per heavy atom. The molecule has 0 radical (unpaired) electrons. The highest BCUT2D eigenvalue weighted by atomic mass is 16.5. The minimum atomic E-state index is -0.624. The summed E-state index contributed by atoms with van der Waals surface area (Å²) >= 11 is 0. The van der Waals surface area contributed by atoms with Gasteiger partial charge in [-0.3, -0.25) is 9.59 Å². The molecule has 0 fully saturated rings. The molecule has 5 nitrogen and oxygen atoms in total. The number of ether oxygens (including phenoxy) is 1. The molecular formula is C26H32N2O3. The van der Waals surface area contributed by atoms with E-state index in [1.165, 1.54) is 0 Å². The number of carbonyl (C=O) groups is 2. The Kier molecular flexibility index (Phi) is 7.88. The van der Waals surface area contributed by atoms with Crippen LogP contribution in [0, 0.1) is 0 Å². The standard InChI is InChI=1S/C26H32N2O3/c1-4-21-15-9-8-12-19(2)31-24-17-11-10-16-22(24)26(30)28(3)23(25(29)27-21)18-20-13-6-5-7-14-20/h5-11,13-14,16-17,19,21,23H,4,12,15,18H2,1-3H3,(H,27,29)/b9-8+/t19-,21+,23-/m1/s1. The highest BCUT2D eigenvalue weighted by Gasteiger charge is 2.30. The lowest BCUT2D eigenvalue weighted by atomic mass is 10.0. The number of benzene rings is 2. The second-order valence-electron chi connectivity index (χ2n) is 8.10. The maximum atomic E-state index is 13.5. The van der Waals surface area contributed by atoms with E-state index < -0.39 is 6.04 Å². The van der Waals surface area contributed by atoms with Crippen LogP contribution in [0.15, 0.2) is 66.7 Å². The minimum absolute atomic E-state index is 0.0250. The molecule has 0 bridgehead atoms. The van der Waals surface area contributed by atoms with E-state index in [0.29, 0.717) is 17.7 Å². The fourth-order valence-corrected chi connectivity index (χ4v) is 3.76. The fraction of sp³-hybridized carbons (Fsp3) is 0.385. The van der Waals surface area contributed by atoms with E-state index in [2.05, 4.69) is 24.4 Å². The monoisotopic (exact) mass is 420 g/mol. The Morgan fingerprint density at radius 1 is 1.00 bits per heavy atom. The van der Waals surface area contributed by atoms with Crippen molar-refractivity contribution in [1.29, 1.82) is 0 Å². The fourth-order valence-electron chi connectivity index (χ4n) is 3.76. The molecular weight excluding hydrogens is 388 g/mol. The van der Waals surface area contributed by atoms with Gasteiger partial charge in [-0.15, -0.1) is 0 Å². The number of nitrogens with zero attached hydrogens (tertiary/aromatic N) is 1. The smallest absolute Gasteiger partial charge is 0.258 e. The Bertz CT molecular complexity index is 910. The van der Waals surface area contributed by atoms with Crippen molar-refractivity contribution in [2.75, 3.05) is 7.05 Å². The average molecular weight is 421 g/mol. The largest absolute Gasteiger partial charge is 0.490 e. The summed E-state index contributed by atoms with van der Waals surface area (Å²) in [7, 11) is 1.70. The maximum Gasteiger partial charge on any atom is 0.258 e. The first-order valence-electron chi connectivity index (χ1n) is 11.0. The lowest BCUT2D eigenvalue weighted by molar-refractivity contribution is -0.126. The number of rotatable bonds is 3. The van der Waals surface area contributed by atoms with Gasteiger partial charge in [-0.25, -0.2) is 0 Å². The van der Waals surface area contributed by atoms with Gasteiger partial charge in [0.05, 0.1) is 11.7 Å². The molecule has 31 heavy (non-hydrogen) atoms. The Hall–Kier alpha value is -3.08. The molecule has 1 heterocycles. The lowest BCUT2D eigenvalue weighted by Crippen LogP contribution is -2.51. The van der Waals surface area contributed by atoms with Crippen molar-refractivity contribution in [3.63, 3.8) is 0 Å². The van der Waals surface area contributed by atoms with Crippen LogP contribution in [-0.2, 0) is 11.2 Å². The molecule has 5 heteroatoms. The molecule has 0 spiro atoms. The van der Waals surface area contributed by atoms with Crippen LogP contribution in [0.2, 0.25) is 0 Å². The molecule has 2 aromatic carbocycles. The van der Waals surface area contributed by atoms with Gasteiger partial charge in [0.15, 0.2) is 0 Å². The van der Waals surface area contributed by atoms with E-state index in [4.69, 9.17) is 4.74 Å². The van der Waals surface area contributed by atoms with E-state index in [9.17, 15) is 9.59 Å². The predicted octanol–water partition coefficient (Wildman–Crippen LogP) is 4.38. The predicted molar refractivity (Wildman–Crippen MR) is 123 cm³/mol. The Morgan fingerprint density at radius 2 is 1.68 bits per heavy atom. The quantitative estimate of drug-likeness (QED) is 0.750. The number of likely N-dealkylation sites (N-methyl/N-ethyl adjacent to an activating group) is 1. The van der Waals surface area contributed by atoms with Crippen LogP contribution in [0.25, 0.3) is 0 Å². The molecule has 1 aliphatic heterocycles. The zero-order valence-corrected chi connectivity index (χ0v) is 18.6. The van der Waals surface area contributed by atoms with Gasteiger partial charge in [-0.1, -0.05) is 61.5 Å². The van der Waals surface area contributed by atoms with Crippen LogP contribution in [0.5, 0.6) is 5.75 Å². The van der Waals surface area contributed by atoms with Gasteiger partial charge in [-0.05, 0) is 37.5 Å². The van der Waals surface area contributed by atoms with Crippen LogP contribution < -0.4 is 10.1 Å². The van der Waals surface area contributed by atoms with Gasteiger partial charge in [0, 0.05) is 25.9 Å². The van der Waals surface area contributed by atoms with Gasteiger partial charge >= 0.3 is 0 Å². The summed E-state index contributed by atoms with van der Waals surface area (Å²) in [5, 5.41) is 3.16. The summed E-state index contributed by atoms with van der Waals surface area (Å²) in [5.41, 5.74) is 1.48. The molecule has 0 aliphatic carbocycles. The van der Waals surface area contributed by atoms with Crippen LogP contribution in [0.3, 0.4) is 0 Å². The Balaban J connectivity index is 1.98. The van der Waals surface area contributed by atoms with E-state index >= 15 is 0 Å². The second kappa shape index (κ2) is 10.8. The van der Waals surface area contributed by atoms with Crippen molar-refractivity contribution in [3.8, 4) is 5.75 Å². The van der Waals surface area contributed by atoms with Crippen molar-refractivity contribution in [3.05, 3.63) is 77.9 Å². The highest BCUT2D eigenvalue weighted by molar-refractivity contribution is 5.99. The van der Waals surface area contributed by atoms with Crippen molar-refractivity contribution >= 4 is 11.8 Å². The first kappa shape index (κ1) is 22.6. The minimum Gasteiger partial charge on any atom is -0.490 e. The van der Waals surface area contributed by atoms with Crippen LogP contribution in [-0.4, -0.2) is 41.9 Å². The molecule has 0 aromatic heterocycles.